The summed E-state index contributed by atoms with van der Waals surface area (Å²) in [4.78, 5) is 26.5. The molecule has 29 heavy (non-hydrogen) atoms. The third-order valence-electron chi connectivity index (χ3n) is 4.42. The van der Waals surface area contributed by atoms with Crippen LogP contribution in [0.1, 0.15) is 45.1 Å². The number of benzene rings is 1. The molecular formula is C20H24N4O4S. The van der Waals surface area contributed by atoms with Gasteiger partial charge in [-0.3, -0.25) is 9.59 Å². The number of ketones is 1. The monoisotopic (exact) mass is 416 g/mol. The first-order chi connectivity index (χ1) is 14.0. The fourth-order valence-corrected chi connectivity index (χ4v) is 4.11. The zero-order valence-corrected chi connectivity index (χ0v) is 17.8. The molecule has 0 aliphatic carbocycles. The van der Waals surface area contributed by atoms with E-state index < -0.39 is 0 Å². The molecule has 0 N–H and O–H groups in total. The smallest absolute Gasteiger partial charge is 0.246 e. The minimum atomic E-state index is -0.138. The van der Waals surface area contributed by atoms with Gasteiger partial charge in [0.2, 0.25) is 11.1 Å². The van der Waals surface area contributed by atoms with Crippen molar-refractivity contribution < 1.29 is 19.1 Å². The number of amides is 1. The molecule has 0 fully saturated rings. The summed E-state index contributed by atoms with van der Waals surface area (Å²) in [5.74, 6) is 0.909. The fourth-order valence-electron chi connectivity index (χ4n) is 3.10. The Morgan fingerprint density at radius 3 is 2.45 bits per heavy atom. The molecule has 1 amide bonds. The van der Waals surface area contributed by atoms with E-state index in [-0.39, 0.29) is 11.7 Å². The van der Waals surface area contributed by atoms with Crippen molar-refractivity contribution in [2.45, 2.75) is 44.7 Å². The van der Waals surface area contributed by atoms with Crippen LogP contribution in [-0.2, 0) is 9.59 Å². The summed E-state index contributed by atoms with van der Waals surface area (Å²) in [7, 11) is 3.11. The van der Waals surface area contributed by atoms with Gasteiger partial charge in [-0.25, -0.2) is 9.69 Å². The van der Waals surface area contributed by atoms with Crippen molar-refractivity contribution in [3.63, 3.8) is 0 Å². The van der Waals surface area contributed by atoms with Crippen LogP contribution in [0.15, 0.2) is 34.6 Å². The molecule has 1 aromatic heterocycles. The number of aromatic nitrogens is 3. The van der Waals surface area contributed by atoms with Gasteiger partial charge in [0.05, 0.1) is 24.8 Å². The standard InChI is InChI=1S/C20H24N4O4S/c1-5-7-14(25)19-18(13-9-10-15(27-3)16(11-13)28-4)24(17(26)8-6-2)23-12-21-22-20(23)29-19/h9-12H,5-8H2,1-4H3. The third kappa shape index (κ3) is 4.00. The van der Waals surface area contributed by atoms with Crippen LogP contribution >= 0.6 is 11.8 Å². The molecule has 1 aromatic carbocycles. The number of nitrogens with zero attached hydrogens (tertiary/aromatic N) is 4. The average Bonchev–Trinajstić information content (AvgIpc) is 3.20. The van der Waals surface area contributed by atoms with E-state index in [1.165, 1.54) is 23.1 Å². The van der Waals surface area contributed by atoms with Crippen molar-refractivity contribution in [2.75, 3.05) is 19.2 Å². The maximum absolute atomic E-state index is 13.1. The van der Waals surface area contributed by atoms with E-state index in [1.54, 1.807) is 31.0 Å². The van der Waals surface area contributed by atoms with Gasteiger partial charge < -0.3 is 9.47 Å². The molecule has 0 radical (unpaired) electrons. The lowest BCUT2D eigenvalue weighted by Crippen LogP contribution is -2.41. The van der Waals surface area contributed by atoms with Gasteiger partial charge in [0, 0.05) is 18.4 Å². The number of methoxy groups -OCH3 is 2. The van der Waals surface area contributed by atoms with Crippen molar-refractivity contribution in [1.82, 2.24) is 14.9 Å². The molecule has 154 valence electrons. The Labute approximate surface area is 173 Å². The first kappa shape index (κ1) is 20.9. The maximum Gasteiger partial charge on any atom is 0.246 e. The van der Waals surface area contributed by atoms with E-state index in [0.717, 1.165) is 0 Å². The molecule has 0 saturated carbocycles. The largest absolute Gasteiger partial charge is 0.493 e. The number of hydrogen-bond acceptors (Lipinski definition) is 7. The highest BCUT2D eigenvalue weighted by molar-refractivity contribution is 8.04. The number of carbonyl (C=O) groups is 2. The number of fused-ring (bicyclic) bond motifs is 1. The van der Waals surface area contributed by atoms with E-state index in [4.69, 9.17) is 9.47 Å². The van der Waals surface area contributed by atoms with Gasteiger partial charge in [0.1, 0.15) is 6.33 Å². The summed E-state index contributed by atoms with van der Waals surface area (Å²) in [5, 5.41) is 10.0. The predicted molar refractivity (Wildman–Crippen MR) is 110 cm³/mol. The molecule has 1 aliphatic rings. The first-order valence-corrected chi connectivity index (χ1v) is 10.3. The summed E-state index contributed by atoms with van der Waals surface area (Å²) in [6.07, 6.45) is 3.57. The minimum Gasteiger partial charge on any atom is -0.493 e. The van der Waals surface area contributed by atoms with Gasteiger partial charge >= 0.3 is 0 Å². The van der Waals surface area contributed by atoms with Gasteiger partial charge in [0.15, 0.2) is 17.3 Å². The molecule has 9 heteroatoms. The van der Waals surface area contributed by atoms with Crippen molar-refractivity contribution in [2.24, 2.45) is 0 Å². The molecule has 2 aromatic rings. The van der Waals surface area contributed by atoms with Crippen LogP contribution in [0.5, 0.6) is 11.5 Å². The maximum atomic E-state index is 13.1. The lowest BCUT2D eigenvalue weighted by Gasteiger charge is -2.32. The Kier molecular flexibility index (Phi) is 6.58. The van der Waals surface area contributed by atoms with E-state index in [1.807, 2.05) is 19.9 Å². The Balaban J connectivity index is 2.24. The van der Waals surface area contributed by atoms with Crippen LogP contribution in [0.2, 0.25) is 0 Å². The van der Waals surface area contributed by atoms with Gasteiger partial charge in [0.25, 0.3) is 0 Å². The molecule has 2 heterocycles. The lowest BCUT2D eigenvalue weighted by atomic mass is 10.1. The van der Waals surface area contributed by atoms with E-state index in [2.05, 4.69) is 10.2 Å². The molecule has 1 aliphatic heterocycles. The number of thioether (sulfide) groups is 1. The zero-order valence-electron chi connectivity index (χ0n) is 17.0. The second kappa shape index (κ2) is 9.13. The van der Waals surface area contributed by atoms with Crippen molar-refractivity contribution >= 4 is 29.1 Å². The fraction of sp³-hybridized carbons (Fsp3) is 0.400. The molecule has 0 saturated heterocycles. The lowest BCUT2D eigenvalue weighted by molar-refractivity contribution is -0.119. The Morgan fingerprint density at radius 1 is 1.07 bits per heavy atom. The summed E-state index contributed by atoms with van der Waals surface area (Å²) in [5.41, 5.74) is 1.19. The van der Waals surface area contributed by atoms with E-state index in [9.17, 15) is 9.59 Å². The predicted octanol–water partition coefficient (Wildman–Crippen LogP) is 3.40. The van der Waals surface area contributed by atoms with Crippen LogP contribution in [0, 0.1) is 0 Å². The molecule has 0 atom stereocenters. The van der Waals surface area contributed by atoms with Gasteiger partial charge in [-0.1, -0.05) is 13.8 Å². The molecule has 3 rings (SSSR count). The van der Waals surface area contributed by atoms with Crippen LogP contribution < -0.4 is 14.5 Å². The number of Topliss-reactive ketones (excluding diaryl/α,β-unsaturated/α-hetero) is 1. The van der Waals surface area contributed by atoms with E-state index in [0.29, 0.717) is 58.5 Å². The summed E-state index contributed by atoms with van der Waals surface area (Å²) in [6, 6.07) is 5.35. The molecule has 0 spiro atoms. The van der Waals surface area contributed by atoms with E-state index >= 15 is 0 Å². The number of rotatable bonds is 8. The first-order valence-electron chi connectivity index (χ1n) is 9.46. The van der Waals surface area contributed by atoms with Gasteiger partial charge in [-0.2, -0.15) is 0 Å². The van der Waals surface area contributed by atoms with Crippen LogP contribution in [0.25, 0.3) is 5.70 Å². The number of ether oxygens (including phenoxy) is 2. The molecule has 0 bridgehead atoms. The Hall–Kier alpha value is -2.81. The van der Waals surface area contributed by atoms with Crippen LogP contribution in [0.4, 0.5) is 0 Å². The third-order valence-corrected chi connectivity index (χ3v) is 5.50. The molecule has 0 unspecified atom stereocenters. The summed E-state index contributed by atoms with van der Waals surface area (Å²) < 4.78 is 12.4. The SMILES string of the molecule is CCCC(=O)C1=C(c2ccc(OC)c(OC)c2)N(C(=O)CCC)n2cnnc2S1. The zero-order chi connectivity index (χ0) is 21.0. The van der Waals surface area contributed by atoms with Gasteiger partial charge in [-0.15, -0.1) is 10.2 Å². The minimum absolute atomic E-state index is 0.0363. The Bertz CT molecular complexity index is 954. The number of carbonyl (C=O) groups excluding carboxylic acids is 2. The Morgan fingerprint density at radius 2 is 1.79 bits per heavy atom. The molecule has 8 nitrogen and oxygen atoms in total. The second-order valence-electron chi connectivity index (χ2n) is 6.44. The number of hydrogen-bond donors (Lipinski definition) is 0. The van der Waals surface area contributed by atoms with Crippen molar-refractivity contribution in [3.8, 4) is 11.5 Å². The quantitative estimate of drug-likeness (QED) is 0.652. The summed E-state index contributed by atoms with van der Waals surface area (Å²) >= 11 is 1.23. The average molecular weight is 417 g/mol. The second-order valence-corrected chi connectivity index (χ2v) is 7.41. The van der Waals surface area contributed by atoms with Crippen molar-refractivity contribution in [3.05, 3.63) is 35.0 Å². The van der Waals surface area contributed by atoms with Crippen LogP contribution in [0.3, 0.4) is 0 Å². The van der Waals surface area contributed by atoms with Gasteiger partial charge in [-0.05, 0) is 42.8 Å². The highest BCUT2D eigenvalue weighted by atomic mass is 32.2. The summed E-state index contributed by atoms with van der Waals surface area (Å²) in [6.45, 7) is 3.89. The van der Waals surface area contributed by atoms with Crippen LogP contribution in [-0.4, -0.2) is 40.8 Å². The highest BCUT2D eigenvalue weighted by Gasteiger charge is 2.34. The topological polar surface area (TPSA) is 86.5 Å². The van der Waals surface area contributed by atoms with Crippen molar-refractivity contribution in [1.29, 1.82) is 0 Å². The molecular weight excluding hydrogens is 392 g/mol. The normalized spacial score (nSPS) is 13.3. The highest BCUT2D eigenvalue weighted by Crippen LogP contribution is 2.41. The number of allylic oxidation sites excluding steroid dienone is 1.